The largest absolute Gasteiger partial charge is 0.497 e. The molecule has 0 saturated carbocycles. The number of rotatable bonds is 2. The monoisotopic (exact) mass is 261 g/mol. The van der Waals surface area contributed by atoms with Gasteiger partial charge in [0.1, 0.15) is 5.75 Å². The lowest BCUT2D eigenvalue weighted by molar-refractivity contribution is -0.688. The summed E-state index contributed by atoms with van der Waals surface area (Å²) in [6, 6.07) is 5.65. The van der Waals surface area contributed by atoms with Gasteiger partial charge in [-0.2, -0.15) is 13.2 Å². The van der Waals surface area contributed by atoms with Crippen molar-refractivity contribution < 1.29 is 27.1 Å². The van der Waals surface area contributed by atoms with Gasteiger partial charge >= 0.3 is 17.5 Å². The van der Waals surface area contributed by atoms with Crippen LogP contribution < -0.4 is 15.0 Å². The number of ether oxygens (including phenoxy) is 1. The molecule has 2 aromatic rings. The molecule has 0 aliphatic heterocycles. The number of aromatic amines is 1. The van der Waals surface area contributed by atoms with Gasteiger partial charge in [-0.15, -0.1) is 0 Å². The topological polar surface area (TPSA) is 59.1 Å². The molecule has 0 spiro atoms. The van der Waals surface area contributed by atoms with Crippen LogP contribution in [0.4, 0.5) is 13.2 Å². The molecule has 0 bridgehead atoms. The van der Waals surface area contributed by atoms with Crippen LogP contribution in [0.5, 0.6) is 5.75 Å². The predicted molar refractivity (Wildman–Crippen MR) is 52.4 cm³/mol. The molecule has 1 aromatic heterocycles. The molecule has 18 heavy (non-hydrogen) atoms. The van der Waals surface area contributed by atoms with Gasteiger partial charge < -0.3 is 4.74 Å². The maximum absolute atomic E-state index is 12.6. The Morgan fingerprint density at radius 1 is 1.28 bits per heavy atom. The van der Waals surface area contributed by atoms with E-state index in [-0.39, 0.29) is 5.69 Å². The lowest BCUT2D eigenvalue weighted by atomic mass is 10.3. The third-order valence-corrected chi connectivity index (χ3v) is 2.25. The van der Waals surface area contributed by atoms with Crippen molar-refractivity contribution in [2.24, 2.45) is 0 Å². The Bertz CT molecular complexity index is 598. The molecule has 1 N–H and O–H groups in total. The smallest absolute Gasteiger partial charge is 0.488 e. The molecule has 2 rings (SSSR count). The zero-order chi connectivity index (χ0) is 13.3. The second-order valence-corrected chi connectivity index (χ2v) is 3.36. The summed E-state index contributed by atoms with van der Waals surface area (Å²) in [5.41, 5.74) is -2.79. The summed E-state index contributed by atoms with van der Waals surface area (Å²) < 4.78 is 47.5. The van der Waals surface area contributed by atoms with Crippen molar-refractivity contribution >= 4 is 0 Å². The highest BCUT2D eigenvalue weighted by atomic mass is 19.4. The lowest BCUT2D eigenvalue weighted by Gasteiger charge is -1.99. The van der Waals surface area contributed by atoms with Gasteiger partial charge in [0, 0.05) is 12.1 Å². The van der Waals surface area contributed by atoms with Gasteiger partial charge in [-0.05, 0) is 22.1 Å². The Labute approximate surface area is 98.4 Å². The first-order valence-electron chi connectivity index (χ1n) is 4.78. The van der Waals surface area contributed by atoms with E-state index in [1.54, 1.807) is 0 Å². The standard InChI is InChI=1S/C10H7F3N2O3/c1-17-7-4-2-6(3-5-7)15-8(10(11,12)13)9(16)18-14-15/h2-5H,1H3/p+1. The van der Waals surface area contributed by atoms with Crippen molar-refractivity contribution in [2.75, 3.05) is 7.11 Å². The van der Waals surface area contributed by atoms with Crippen LogP contribution in [0.2, 0.25) is 0 Å². The first kappa shape index (κ1) is 12.2. The zero-order valence-corrected chi connectivity index (χ0v) is 9.12. The Morgan fingerprint density at radius 3 is 2.39 bits per heavy atom. The third-order valence-electron chi connectivity index (χ3n) is 2.25. The second-order valence-electron chi connectivity index (χ2n) is 3.36. The molecular weight excluding hydrogens is 253 g/mol. The number of methoxy groups -OCH3 is 1. The van der Waals surface area contributed by atoms with E-state index < -0.39 is 17.5 Å². The van der Waals surface area contributed by atoms with Crippen LogP contribution in [0.15, 0.2) is 33.6 Å². The Morgan fingerprint density at radius 2 is 1.89 bits per heavy atom. The number of nitrogens with one attached hydrogen (secondary N) is 1. The summed E-state index contributed by atoms with van der Waals surface area (Å²) >= 11 is 0. The minimum atomic E-state index is -4.81. The van der Waals surface area contributed by atoms with Crippen LogP contribution in [-0.4, -0.2) is 12.4 Å². The summed E-state index contributed by atoms with van der Waals surface area (Å²) in [7, 11) is 1.43. The average molecular weight is 261 g/mol. The molecule has 0 saturated heterocycles. The summed E-state index contributed by atoms with van der Waals surface area (Å²) in [5.74, 6) is 0.485. The summed E-state index contributed by atoms with van der Waals surface area (Å²) in [6.07, 6.45) is -4.81. The Kier molecular flexibility index (Phi) is 2.85. The van der Waals surface area contributed by atoms with Crippen molar-refractivity contribution in [1.82, 2.24) is 5.27 Å². The van der Waals surface area contributed by atoms with E-state index >= 15 is 0 Å². The number of hydrogen-bond acceptors (Lipinski definition) is 3. The quantitative estimate of drug-likeness (QED) is 0.828. The molecule has 0 atom stereocenters. The van der Waals surface area contributed by atoms with Crippen molar-refractivity contribution in [3.63, 3.8) is 0 Å². The molecule has 0 amide bonds. The fraction of sp³-hybridized carbons (Fsp3) is 0.200. The van der Waals surface area contributed by atoms with Crippen molar-refractivity contribution in [1.29, 1.82) is 0 Å². The van der Waals surface area contributed by atoms with Crippen LogP contribution in [0.25, 0.3) is 5.69 Å². The summed E-state index contributed by atoms with van der Waals surface area (Å²) in [4.78, 5) is 11.0. The van der Waals surface area contributed by atoms with Gasteiger partial charge in [0.05, 0.1) is 7.11 Å². The molecular formula is C10H8F3N2O3+. The number of benzene rings is 1. The average Bonchev–Trinajstić information content (AvgIpc) is 2.71. The highest BCUT2D eigenvalue weighted by Gasteiger charge is 2.48. The number of halogens is 3. The molecule has 1 heterocycles. The van der Waals surface area contributed by atoms with E-state index in [0.717, 1.165) is 0 Å². The number of alkyl halides is 3. The highest BCUT2D eigenvalue weighted by Crippen LogP contribution is 2.24. The molecule has 0 aliphatic rings. The van der Waals surface area contributed by atoms with E-state index in [1.165, 1.54) is 31.4 Å². The Hall–Kier alpha value is -2.25. The van der Waals surface area contributed by atoms with Crippen LogP contribution in [0.3, 0.4) is 0 Å². The lowest BCUT2D eigenvalue weighted by Crippen LogP contribution is -2.42. The molecule has 0 radical (unpaired) electrons. The van der Waals surface area contributed by atoms with Gasteiger partial charge in [-0.1, -0.05) is 0 Å². The van der Waals surface area contributed by atoms with Crippen LogP contribution >= 0.6 is 0 Å². The molecule has 0 aliphatic carbocycles. The fourth-order valence-corrected chi connectivity index (χ4v) is 1.43. The predicted octanol–water partition coefficient (Wildman–Crippen LogP) is 1.27. The van der Waals surface area contributed by atoms with Crippen LogP contribution in [0, 0.1) is 0 Å². The molecule has 0 unspecified atom stereocenters. The first-order chi connectivity index (χ1) is 8.43. The van der Waals surface area contributed by atoms with Crippen molar-refractivity contribution in [2.45, 2.75) is 6.18 Å². The van der Waals surface area contributed by atoms with Gasteiger partial charge in [-0.25, -0.2) is 4.79 Å². The molecule has 0 fully saturated rings. The summed E-state index contributed by atoms with van der Waals surface area (Å²) in [6.45, 7) is 0. The van der Waals surface area contributed by atoms with Crippen molar-refractivity contribution in [3.05, 3.63) is 40.4 Å². The zero-order valence-electron chi connectivity index (χ0n) is 9.12. The van der Waals surface area contributed by atoms with Crippen LogP contribution in [-0.2, 0) is 6.18 Å². The Balaban J connectivity index is 2.54. The van der Waals surface area contributed by atoms with Gasteiger partial charge in [0.25, 0.3) is 0 Å². The van der Waals surface area contributed by atoms with E-state index in [2.05, 4.69) is 4.52 Å². The van der Waals surface area contributed by atoms with E-state index in [4.69, 9.17) is 4.74 Å². The van der Waals surface area contributed by atoms with E-state index in [1.807, 2.05) is 5.27 Å². The highest BCUT2D eigenvalue weighted by molar-refractivity contribution is 5.31. The minimum Gasteiger partial charge on any atom is -0.497 e. The normalized spacial score (nSPS) is 11.6. The minimum absolute atomic E-state index is 0.106. The number of H-pyrrole nitrogens is 1. The van der Waals surface area contributed by atoms with Gasteiger partial charge in [0.2, 0.25) is 5.69 Å². The molecule has 96 valence electrons. The molecule has 5 nitrogen and oxygen atoms in total. The summed E-state index contributed by atoms with van der Waals surface area (Å²) in [5, 5.41) is 1.90. The number of nitrogens with zero attached hydrogens (tertiary/aromatic N) is 1. The fourth-order valence-electron chi connectivity index (χ4n) is 1.43. The molecule has 8 heteroatoms. The number of aromatic nitrogens is 2. The number of hydrogen-bond donors (Lipinski definition) is 1. The van der Waals surface area contributed by atoms with Gasteiger partial charge in [0.15, 0.2) is 0 Å². The van der Waals surface area contributed by atoms with E-state index in [9.17, 15) is 18.0 Å². The molecule has 1 aromatic carbocycles. The maximum Gasteiger partial charge on any atom is 0.488 e. The van der Waals surface area contributed by atoms with Gasteiger partial charge in [-0.3, -0.25) is 4.52 Å². The maximum atomic E-state index is 12.6. The third kappa shape index (κ3) is 2.08. The van der Waals surface area contributed by atoms with E-state index in [0.29, 0.717) is 10.4 Å². The van der Waals surface area contributed by atoms with Crippen LogP contribution in [0.1, 0.15) is 5.69 Å². The second kappa shape index (κ2) is 4.21. The first-order valence-corrected chi connectivity index (χ1v) is 4.78. The van der Waals surface area contributed by atoms with Crippen molar-refractivity contribution in [3.8, 4) is 11.4 Å². The SMILES string of the molecule is COc1ccc(-[n+]2[nH]oc(=O)c2C(F)(F)F)cc1.